The number of anilines is 1. The summed E-state index contributed by atoms with van der Waals surface area (Å²) in [4.78, 5) is 27.6. The van der Waals surface area contributed by atoms with Crippen LogP contribution in [0.4, 0.5) is 5.69 Å². The minimum absolute atomic E-state index is 0.0296. The molecule has 1 heterocycles. The second kappa shape index (κ2) is 9.04. The van der Waals surface area contributed by atoms with Crippen molar-refractivity contribution in [3.63, 3.8) is 0 Å². The monoisotopic (exact) mass is 371 g/mol. The minimum Gasteiger partial charge on any atom is -0.383 e. The number of methoxy groups -OCH3 is 1. The van der Waals surface area contributed by atoms with Crippen molar-refractivity contribution in [3.05, 3.63) is 42.5 Å². The van der Waals surface area contributed by atoms with Crippen LogP contribution in [0.3, 0.4) is 0 Å². The van der Waals surface area contributed by atoms with Crippen LogP contribution in [0.25, 0.3) is 0 Å². The Bertz CT molecular complexity index is 659. The third-order valence-corrected chi connectivity index (χ3v) is 5.47. The molecule has 0 bridgehead atoms. The molecule has 146 valence electrons. The van der Waals surface area contributed by atoms with E-state index in [4.69, 9.17) is 4.74 Å². The number of piperidine rings is 1. The highest BCUT2D eigenvalue weighted by molar-refractivity contribution is 5.90. The number of nitrogens with zero attached hydrogens (tertiary/aromatic N) is 1. The Balaban J connectivity index is 1.67. The summed E-state index contributed by atoms with van der Waals surface area (Å²) < 4.78 is 5.04. The first kappa shape index (κ1) is 19.4. The Hall–Kier alpha value is -2.34. The van der Waals surface area contributed by atoms with Gasteiger partial charge in [0.05, 0.1) is 6.61 Å². The minimum atomic E-state index is -0.709. The summed E-state index contributed by atoms with van der Waals surface area (Å²) in [6, 6.07) is 9.78. The standard InChI is InChI=1S/C21H29N3O3/c1-27-16-13-22-20(26)21(23-18-9-3-2-4-10-18)11-14-24(15-12-21)19(25)17-7-5-6-8-17/h2-6,9-10,17,23H,7-8,11-16H2,1H3,(H,22,26). The van der Waals surface area contributed by atoms with E-state index in [9.17, 15) is 9.59 Å². The number of ether oxygens (including phenoxy) is 1. The van der Waals surface area contributed by atoms with Gasteiger partial charge in [-0.3, -0.25) is 9.59 Å². The van der Waals surface area contributed by atoms with Crippen LogP contribution >= 0.6 is 0 Å². The molecule has 2 N–H and O–H groups in total. The van der Waals surface area contributed by atoms with Crippen LogP contribution < -0.4 is 10.6 Å². The van der Waals surface area contributed by atoms with Crippen molar-refractivity contribution in [1.29, 1.82) is 0 Å². The number of amides is 2. The first-order valence-corrected chi connectivity index (χ1v) is 9.69. The van der Waals surface area contributed by atoms with E-state index in [1.807, 2.05) is 35.2 Å². The predicted molar refractivity (Wildman–Crippen MR) is 105 cm³/mol. The zero-order valence-corrected chi connectivity index (χ0v) is 15.9. The number of hydrogen-bond acceptors (Lipinski definition) is 4. The highest BCUT2D eigenvalue weighted by Gasteiger charge is 2.43. The number of nitrogens with one attached hydrogen (secondary N) is 2. The molecule has 2 amide bonds. The van der Waals surface area contributed by atoms with Crippen molar-refractivity contribution >= 4 is 17.5 Å². The van der Waals surface area contributed by atoms with Gasteiger partial charge in [0.15, 0.2) is 0 Å². The Labute approximate surface area is 161 Å². The molecule has 1 aliphatic heterocycles. The molecule has 27 heavy (non-hydrogen) atoms. The third kappa shape index (κ3) is 4.69. The summed E-state index contributed by atoms with van der Waals surface area (Å²) >= 11 is 0. The molecule has 2 aliphatic rings. The number of carbonyl (C=O) groups is 2. The van der Waals surface area contributed by atoms with E-state index in [0.29, 0.717) is 39.1 Å². The number of allylic oxidation sites excluding steroid dienone is 2. The summed E-state index contributed by atoms with van der Waals surface area (Å²) in [5, 5.41) is 6.42. The molecule has 1 saturated heterocycles. The van der Waals surface area contributed by atoms with E-state index in [2.05, 4.69) is 22.8 Å². The summed E-state index contributed by atoms with van der Waals surface area (Å²) in [6.07, 6.45) is 7.01. The summed E-state index contributed by atoms with van der Waals surface area (Å²) in [5.41, 5.74) is 0.207. The first-order chi connectivity index (χ1) is 13.1. The van der Waals surface area contributed by atoms with Crippen molar-refractivity contribution in [2.75, 3.05) is 38.7 Å². The Morgan fingerprint density at radius 2 is 1.81 bits per heavy atom. The van der Waals surface area contributed by atoms with Gasteiger partial charge in [-0.05, 0) is 37.8 Å². The lowest BCUT2D eigenvalue weighted by Crippen LogP contribution is -2.59. The van der Waals surface area contributed by atoms with Gasteiger partial charge in [0.25, 0.3) is 0 Å². The predicted octanol–water partition coefficient (Wildman–Crippen LogP) is 2.19. The maximum Gasteiger partial charge on any atom is 0.245 e. The molecular weight excluding hydrogens is 342 g/mol. The molecule has 1 aromatic rings. The highest BCUT2D eigenvalue weighted by Crippen LogP contribution is 2.30. The van der Waals surface area contributed by atoms with Gasteiger partial charge in [-0.1, -0.05) is 30.4 Å². The number of hydrogen-bond donors (Lipinski definition) is 2. The average Bonchev–Trinajstić information content (AvgIpc) is 3.24. The number of rotatable bonds is 7. The largest absolute Gasteiger partial charge is 0.383 e. The van der Waals surface area contributed by atoms with Gasteiger partial charge in [0, 0.05) is 38.3 Å². The van der Waals surface area contributed by atoms with Crippen LogP contribution in [0.5, 0.6) is 0 Å². The topological polar surface area (TPSA) is 70.7 Å². The molecule has 0 spiro atoms. The molecule has 0 unspecified atom stereocenters. The first-order valence-electron chi connectivity index (χ1n) is 9.69. The maximum atomic E-state index is 13.0. The van der Waals surface area contributed by atoms with Crippen LogP contribution in [-0.4, -0.2) is 55.6 Å². The molecule has 3 rings (SSSR count). The van der Waals surface area contributed by atoms with Crippen LogP contribution in [0, 0.1) is 5.92 Å². The number of benzene rings is 1. The van der Waals surface area contributed by atoms with E-state index < -0.39 is 5.54 Å². The molecule has 1 aliphatic carbocycles. The zero-order valence-electron chi connectivity index (χ0n) is 15.9. The van der Waals surface area contributed by atoms with Crippen LogP contribution in [0.15, 0.2) is 42.5 Å². The number of para-hydroxylation sites is 1. The van der Waals surface area contributed by atoms with Gasteiger partial charge in [-0.15, -0.1) is 0 Å². The van der Waals surface area contributed by atoms with Crippen LogP contribution in [0.1, 0.15) is 25.7 Å². The molecule has 1 aromatic carbocycles. The van der Waals surface area contributed by atoms with E-state index in [1.165, 1.54) is 0 Å². The summed E-state index contributed by atoms with van der Waals surface area (Å²) in [6.45, 7) is 2.14. The lowest BCUT2D eigenvalue weighted by Gasteiger charge is -2.42. The normalized spacial score (nSPS) is 19.1. The fourth-order valence-electron chi connectivity index (χ4n) is 3.83. The second-order valence-electron chi connectivity index (χ2n) is 7.29. The quantitative estimate of drug-likeness (QED) is 0.569. The molecular formula is C21H29N3O3. The zero-order chi connectivity index (χ0) is 19.1. The fourth-order valence-corrected chi connectivity index (χ4v) is 3.83. The Kier molecular flexibility index (Phi) is 6.50. The number of likely N-dealkylation sites (tertiary alicyclic amines) is 1. The van der Waals surface area contributed by atoms with Gasteiger partial charge < -0.3 is 20.3 Å². The van der Waals surface area contributed by atoms with Crippen molar-refractivity contribution in [2.45, 2.75) is 31.2 Å². The summed E-state index contributed by atoms with van der Waals surface area (Å²) in [7, 11) is 1.62. The SMILES string of the molecule is COCCNC(=O)C1(Nc2ccccc2)CCN(C(=O)C2CC=CC2)CC1. The van der Waals surface area contributed by atoms with Gasteiger partial charge in [0.2, 0.25) is 11.8 Å². The van der Waals surface area contributed by atoms with Crippen molar-refractivity contribution in [2.24, 2.45) is 5.92 Å². The molecule has 0 aromatic heterocycles. The van der Waals surface area contributed by atoms with Gasteiger partial charge in [-0.25, -0.2) is 0 Å². The van der Waals surface area contributed by atoms with Crippen LogP contribution in [-0.2, 0) is 14.3 Å². The third-order valence-electron chi connectivity index (χ3n) is 5.47. The van der Waals surface area contributed by atoms with Crippen molar-refractivity contribution in [1.82, 2.24) is 10.2 Å². The van der Waals surface area contributed by atoms with Crippen molar-refractivity contribution in [3.8, 4) is 0 Å². The molecule has 6 nitrogen and oxygen atoms in total. The van der Waals surface area contributed by atoms with Crippen LogP contribution in [0.2, 0.25) is 0 Å². The number of carbonyl (C=O) groups excluding carboxylic acids is 2. The van der Waals surface area contributed by atoms with Crippen molar-refractivity contribution < 1.29 is 14.3 Å². The lowest BCUT2D eigenvalue weighted by molar-refractivity contribution is -0.139. The van der Waals surface area contributed by atoms with E-state index in [-0.39, 0.29) is 17.7 Å². The van der Waals surface area contributed by atoms with E-state index in [0.717, 1.165) is 18.5 Å². The second-order valence-corrected chi connectivity index (χ2v) is 7.29. The molecule has 0 atom stereocenters. The van der Waals surface area contributed by atoms with Gasteiger partial charge in [0.1, 0.15) is 5.54 Å². The van der Waals surface area contributed by atoms with E-state index in [1.54, 1.807) is 7.11 Å². The van der Waals surface area contributed by atoms with Gasteiger partial charge in [-0.2, -0.15) is 0 Å². The molecule has 1 fully saturated rings. The maximum absolute atomic E-state index is 13.0. The molecule has 6 heteroatoms. The Morgan fingerprint density at radius 1 is 1.15 bits per heavy atom. The smallest absolute Gasteiger partial charge is 0.245 e. The molecule has 0 radical (unpaired) electrons. The van der Waals surface area contributed by atoms with E-state index >= 15 is 0 Å². The Morgan fingerprint density at radius 3 is 2.44 bits per heavy atom. The highest BCUT2D eigenvalue weighted by atomic mass is 16.5. The molecule has 0 saturated carbocycles. The lowest BCUT2D eigenvalue weighted by atomic mass is 9.85. The fraction of sp³-hybridized carbons (Fsp3) is 0.524. The average molecular weight is 371 g/mol. The van der Waals surface area contributed by atoms with Gasteiger partial charge >= 0.3 is 0 Å². The summed E-state index contributed by atoms with van der Waals surface area (Å²) in [5.74, 6) is 0.265.